The summed E-state index contributed by atoms with van der Waals surface area (Å²) in [7, 11) is 0. The van der Waals surface area contributed by atoms with Crippen molar-refractivity contribution in [3.63, 3.8) is 0 Å². The third-order valence-corrected chi connectivity index (χ3v) is 6.30. The molecule has 1 aromatic carbocycles. The molecule has 1 N–H and O–H groups in total. The van der Waals surface area contributed by atoms with Gasteiger partial charge < -0.3 is 4.74 Å². The van der Waals surface area contributed by atoms with Crippen molar-refractivity contribution in [2.24, 2.45) is 10.9 Å². The van der Waals surface area contributed by atoms with E-state index >= 15 is 0 Å². The number of anilines is 1. The molecule has 1 atom stereocenters. The number of aliphatic imine (C=N–C) groups is 1. The van der Waals surface area contributed by atoms with Crippen molar-refractivity contribution in [1.82, 2.24) is 9.88 Å². The molecule has 0 amide bonds. The van der Waals surface area contributed by atoms with E-state index in [1.807, 2.05) is 0 Å². The van der Waals surface area contributed by atoms with Crippen LogP contribution in [0.25, 0.3) is 10.2 Å². The van der Waals surface area contributed by atoms with E-state index in [0.29, 0.717) is 11.9 Å². The van der Waals surface area contributed by atoms with E-state index in [0.717, 1.165) is 23.7 Å². The van der Waals surface area contributed by atoms with Crippen molar-refractivity contribution in [1.29, 1.82) is 0 Å². The number of aryl methyl sites for hydroxylation is 1. The number of thiazole rings is 1. The molecule has 120 valence electrons. The average Bonchev–Trinajstić information content (AvgIpc) is 3.12. The van der Waals surface area contributed by atoms with E-state index in [1.165, 1.54) is 36.2 Å². The number of nitrogens with one attached hydrogen (secondary N) is 1. The van der Waals surface area contributed by atoms with Gasteiger partial charge in [-0.3, -0.25) is 10.2 Å². The first-order valence-electron chi connectivity index (χ1n) is 8.30. The lowest BCUT2D eigenvalue weighted by Crippen LogP contribution is -2.61. The number of hydrogen-bond donors (Lipinski definition) is 1. The molecule has 4 aliphatic rings. The second-order valence-corrected chi connectivity index (χ2v) is 7.98. The monoisotopic (exact) mass is 328 g/mol. The molecule has 6 heteroatoms. The highest BCUT2D eigenvalue weighted by Gasteiger charge is 2.51. The Kier molecular flexibility index (Phi) is 2.94. The predicted octanol–water partition coefficient (Wildman–Crippen LogP) is 2.87. The fourth-order valence-corrected chi connectivity index (χ4v) is 5.08. The molecular formula is C17H20N4OS. The lowest BCUT2D eigenvalue weighted by atomic mass is 9.75. The molecule has 5 heterocycles. The molecule has 23 heavy (non-hydrogen) atoms. The SMILES string of the molecule is Cc1ccc2nc(NC3=NCC4(CN5CCC4CC5)O3)sc2c1. The maximum Gasteiger partial charge on any atom is 0.291 e. The average molecular weight is 328 g/mol. The van der Waals surface area contributed by atoms with E-state index in [4.69, 9.17) is 4.74 Å². The van der Waals surface area contributed by atoms with Crippen LogP contribution in [-0.2, 0) is 4.74 Å². The van der Waals surface area contributed by atoms with E-state index in [2.05, 4.69) is 45.3 Å². The van der Waals surface area contributed by atoms with Crippen molar-refractivity contribution in [3.8, 4) is 0 Å². The number of amidine groups is 1. The lowest BCUT2D eigenvalue weighted by Gasteiger charge is -2.50. The highest BCUT2D eigenvalue weighted by Crippen LogP contribution is 2.41. The summed E-state index contributed by atoms with van der Waals surface area (Å²) < 4.78 is 7.51. The number of aromatic nitrogens is 1. The van der Waals surface area contributed by atoms with Crippen LogP contribution < -0.4 is 5.32 Å². The lowest BCUT2D eigenvalue weighted by molar-refractivity contribution is -0.0829. The molecule has 1 aromatic heterocycles. The third kappa shape index (κ3) is 2.23. The van der Waals surface area contributed by atoms with Crippen LogP contribution in [0.15, 0.2) is 23.2 Å². The van der Waals surface area contributed by atoms with Crippen LogP contribution >= 0.6 is 11.3 Å². The number of piperidine rings is 3. The molecule has 2 bridgehead atoms. The Bertz CT molecular complexity index is 793. The van der Waals surface area contributed by atoms with Gasteiger partial charge >= 0.3 is 0 Å². The Balaban J connectivity index is 1.35. The summed E-state index contributed by atoms with van der Waals surface area (Å²) in [5, 5.41) is 4.16. The number of rotatable bonds is 1. The van der Waals surface area contributed by atoms with Gasteiger partial charge in [0.25, 0.3) is 6.02 Å². The van der Waals surface area contributed by atoms with Gasteiger partial charge in [0.05, 0.1) is 16.8 Å². The molecule has 2 aromatic rings. The highest BCUT2D eigenvalue weighted by molar-refractivity contribution is 7.22. The Morgan fingerprint density at radius 2 is 2.22 bits per heavy atom. The van der Waals surface area contributed by atoms with Crippen LogP contribution in [0.5, 0.6) is 0 Å². The summed E-state index contributed by atoms with van der Waals surface area (Å²) in [4.78, 5) is 11.8. The molecule has 0 saturated carbocycles. The van der Waals surface area contributed by atoms with Gasteiger partial charge in [0.2, 0.25) is 0 Å². The van der Waals surface area contributed by atoms with Gasteiger partial charge in [-0.25, -0.2) is 9.98 Å². The van der Waals surface area contributed by atoms with Gasteiger partial charge in [-0.05, 0) is 50.6 Å². The van der Waals surface area contributed by atoms with Gasteiger partial charge in [-0.2, -0.15) is 0 Å². The quantitative estimate of drug-likeness (QED) is 0.874. The molecule has 1 unspecified atom stereocenters. The van der Waals surface area contributed by atoms with E-state index in [1.54, 1.807) is 11.3 Å². The summed E-state index contributed by atoms with van der Waals surface area (Å²) in [5.41, 5.74) is 2.19. The minimum Gasteiger partial charge on any atom is -0.455 e. The van der Waals surface area contributed by atoms with Crippen LogP contribution in [0, 0.1) is 12.8 Å². The summed E-state index contributed by atoms with van der Waals surface area (Å²) in [5.74, 6) is 0.647. The van der Waals surface area contributed by atoms with Gasteiger partial charge in [0, 0.05) is 12.5 Å². The number of ether oxygens (including phenoxy) is 1. The van der Waals surface area contributed by atoms with Gasteiger partial charge in [0.1, 0.15) is 5.60 Å². The summed E-state index contributed by atoms with van der Waals surface area (Å²) >= 11 is 1.66. The van der Waals surface area contributed by atoms with Crippen molar-refractivity contribution in [3.05, 3.63) is 23.8 Å². The second kappa shape index (κ2) is 4.92. The molecule has 0 aliphatic carbocycles. The number of nitrogens with zero attached hydrogens (tertiary/aromatic N) is 3. The van der Waals surface area contributed by atoms with E-state index < -0.39 is 0 Å². The highest BCUT2D eigenvalue weighted by atomic mass is 32.1. The maximum absolute atomic E-state index is 6.31. The van der Waals surface area contributed by atoms with Crippen molar-refractivity contribution >= 4 is 32.7 Å². The molecule has 1 spiro atoms. The smallest absolute Gasteiger partial charge is 0.291 e. The zero-order chi connectivity index (χ0) is 15.4. The minimum atomic E-state index is -0.0912. The summed E-state index contributed by atoms with van der Waals surface area (Å²) in [6.07, 6.45) is 2.48. The van der Waals surface area contributed by atoms with E-state index in [9.17, 15) is 0 Å². The summed E-state index contributed by atoms with van der Waals surface area (Å²) in [6.45, 7) is 6.34. The van der Waals surface area contributed by atoms with E-state index in [-0.39, 0.29) is 5.60 Å². The zero-order valence-electron chi connectivity index (χ0n) is 13.2. The maximum atomic E-state index is 6.31. The fourth-order valence-electron chi connectivity index (χ4n) is 4.12. The first kappa shape index (κ1) is 13.7. The third-order valence-electron chi connectivity index (χ3n) is 5.37. The normalized spacial score (nSPS) is 32.3. The Labute approximate surface area is 139 Å². The van der Waals surface area contributed by atoms with Crippen molar-refractivity contribution < 1.29 is 4.74 Å². The molecule has 3 fully saturated rings. The van der Waals surface area contributed by atoms with Gasteiger partial charge in [-0.15, -0.1) is 0 Å². The van der Waals surface area contributed by atoms with Crippen LogP contribution in [0.4, 0.5) is 5.13 Å². The van der Waals surface area contributed by atoms with Gasteiger partial charge in [0.15, 0.2) is 5.13 Å². The van der Waals surface area contributed by atoms with Crippen molar-refractivity contribution in [2.45, 2.75) is 25.4 Å². The van der Waals surface area contributed by atoms with Crippen molar-refractivity contribution in [2.75, 3.05) is 31.5 Å². The molecule has 3 saturated heterocycles. The first-order valence-corrected chi connectivity index (χ1v) is 9.12. The van der Waals surface area contributed by atoms with Crippen LogP contribution in [0.3, 0.4) is 0 Å². The predicted molar refractivity (Wildman–Crippen MR) is 93.3 cm³/mol. The second-order valence-electron chi connectivity index (χ2n) is 6.95. The first-order chi connectivity index (χ1) is 11.2. The van der Waals surface area contributed by atoms with Crippen LogP contribution in [-0.4, -0.2) is 47.7 Å². The standard InChI is InChI=1S/C17H20N4OS/c1-11-2-3-13-14(8-11)23-16(19-13)20-15-18-9-17(22-15)10-21-6-4-12(17)5-7-21/h2-3,8,12H,4-7,9-10H2,1H3,(H,18,19,20). The Morgan fingerprint density at radius 1 is 1.35 bits per heavy atom. The Hall–Kier alpha value is -1.66. The van der Waals surface area contributed by atoms with Gasteiger partial charge in [-0.1, -0.05) is 17.4 Å². The number of benzene rings is 1. The molecule has 6 rings (SSSR count). The Morgan fingerprint density at radius 3 is 3.00 bits per heavy atom. The molecule has 4 aliphatic heterocycles. The largest absolute Gasteiger partial charge is 0.455 e. The molecule has 0 radical (unpaired) electrons. The van der Waals surface area contributed by atoms with Crippen LogP contribution in [0.1, 0.15) is 18.4 Å². The fraction of sp³-hybridized carbons (Fsp3) is 0.529. The number of hydrogen-bond acceptors (Lipinski definition) is 6. The molecular weight excluding hydrogens is 308 g/mol. The zero-order valence-corrected chi connectivity index (χ0v) is 14.0. The summed E-state index contributed by atoms with van der Waals surface area (Å²) in [6, 6.07) is 6.98. The topological polar surface area (TPSA) is 49.8 Å². The minimum absolute atomic E-state index is 0.0912. The number of fused-ring (bicyclic) bond motifs is 3. The van der Waals surface area contributed by atoms with Crippen LogP contribution in [0.2, 0.25) is 0 Å². The molecule has 5 nitrogen and oxygen atoms in total.